The van der Waals surface area contributed by atoms with Crippen LogP contribution in [0.2, 0.25) is 0 Å². The number of hydrogen-bond donors (Lipinski definition) is 2. The molecule has 0 aliphatic carbocycles. The number of hydrogen-bond acceptors (Lipinski definition) is 1. The van der Waals surface area contributed by atoms with Crippen LogP contribution in [0.25, 0.3) is 16.8 Å². The fourth-order valence-corrected chi connectivity index (χ4v) is 2.31. The van der Waals surface area contributed by atoms with Gasteiger partial charge in [-0.25, -0.2) is 9.18 Å². The highest BCUT2D eigenvalue weighted by Gasteiger charge is 2.03. The highest BCUT2D eigenvalue weighted by atomic mass is 19.1. The first-order valence-electron chi connectivity index (χ1n) is 7.20. The van der Waals surface area contributed by atoms with Crippen molar-refractivity contribution >= 4 is 28.6 Å². The molecule has 0 bridgehead atoms. The van der Waals surface area contributed by atoms with E-state index in [0.717, 1.165) is 16.5 Å². The monoisotopic (exact) mass is 306 g/mol. The molecule has 3 aromatic rings. The third-order valence-corrected chi connectivity index (χ3v) is 3.42. The van der Waals surface area contributed by atoms with E-state index in [4.69, 9.17) is 0 Å². The van der Waals surface area contributed by atoms with Crippen LogP contribution in [-0.2, 0) is 0 Å². The molecule has 0 saturated carbocycles. The Balaban J connectivity index is 1.69. The summed E-state index contributed by atoms with van der Waals surface area (Å²) in [6, 6.07) is 19.5. The Morgan fingerprint density at radius 2 is 1.65 bits per heavy atom. The number of urea groups is 1. The van der Waals surface area contributed by atoms with E-state index in [2.05, 4.69) is 10.6 Å². The van der Waals surface area contributed by atoms with Crippen molar-refractivity contribution in [3.63, 3.8) is 0 Å². The van der Waals surface area contributed by atoms with Gasteiger partial charge in [-0.1, -0.05) is 54.6 Å². The van der Waals surface area contributed by atoms with Gasteiger partial charge in [-0.05, 0) is 23.6 Å². The Morgan fingerprint density at radius 1 is 0.913 bits per heavy atom. The molecule has 3 nitrogen and oxygen atoms in total. The Morgan fingerprint density at radius 3 is 2.52 bits per heavy atom. The van der Waals surface area contributed by atoms with E-state index in [-0.39, 0.29) is 11.8 Å². The summed E-state index contributed by atoms with van der Waals surface area (Å²) in [4.78, 5) is 12.0. The Bertz CT molecular complexity index is 869. The predicted molar refractivity (Wildman–Crippen MR) is 91.5 cm³/mol. The van der Waals surface area contributed by atoms with Crippen molar-refractivity contribution in [2.24, 2.45) is 0 Å². The zero-order valence-electron chi connectivity index (χ0n) is 12.3. The van der Waals surface area contributed by atoms with Crippen LogP contribution in [0.3, 0.4) is 0 Å². The molecule has 0 saturated heterocycles. The molecule has 0 aliphatic rings. The minimum Gasteiger partial charge on any atom is -0.314 e. The molecule has 2 N–H and O–H groups in total. The van der Waals surface area contributed by atoms with E-state index < -0.39 is 0 Å². The molecule has 3 aromatic carbocycles. The van der Waals surface area contributed by atoms with Crippen LogP contribution >= 0.6 is 0 Å². The van der Waals surface area contributed by atoms with Gasteiger partial charge in [0, 0.05) is 17.1 Å². The van der Waals surface area contributed by atoms with E-state index >= 15 is 0 Å². The standard InChI is InChI=1S/C19H15FN2O/c20-17-10-4-2-7-15(17)12-13-21-19(23)22-18-11-5-8-14-6-1-3-9-16(14)18/h1-13H,(H2,21,22,23)/b13-12+. The van der Waals surface area contributed by atoms with Crippen LogP contribution in [0, 0.1) is 5.82 Å². The molecule has 0 atom stereocenters. The molecule has 0 heterocycles. The second-order valence-corrected chi connectivity index (χ2v) is 4.98. The summed E-state index contributed by atoms with van der Waals surface area (Å²) >= 11 is 0. The number of nitrogens with one attached hydrogen (secondary N) is 2. The smallest absolute Gasteiger partial charge is 0.314 e. The van der Waals surface area contributed by atoms with Crippen LogP contribution < -0.4 is 10.6 Å². The number of halogens is 1. The lowest BCUT2D eigenvalue weighted by Gasteiger charge is -2.08. The van der Waals surface area contributed by atoms with Gasteiger partial charge < -0.3 is 10.6 Å². The summed E-state index contributed by atoms with van der Waals surface area (Å²) in [5.74, 6) is -0.333. The maximum Gasteiger partial charge on any atom is 0.323 e. The van der Waals surface area contributed by atoms with Gasteiger partial charge in [0.2, 0.25) is 0 Å². The number of anilines is 1. The molecule has 23 heavy (non-hydrogen) atoms. The summed E-state index contributed by atoms with van der Waals surface area (Å²) in [6.45, 7) is 0. The minimum atomic E-state index is -0.381. The third kappa shape index (κ3) is 3.55. The van der Waals surface area contributed by atoms with Gasteiger partial charge in [0.05, 0.1) is 5.69 Å². The number of fused-ring (bicyclic) bond motifs is 1. The van der Waals surface area contributed by atoms with Gasteiger partial charge in [-0.15, -0.1) is 0 Å². The maximum absolute atomic E-state index is 13.5. The van der Waals surface area contributed by atoms with Crippen molar-refractivity contribution in [3.8, 4) is 0 Å². The SMILES string of the molecule is O=C(N/C=C/c1ccccc1F)Nc1cccc2ccccc12. The summed E-state index contributed by atoms with van der Waals surface area (Å²) in [5.41, 5.74) is 1.14. The zero-order valence-corrected chi connectivity index (χ0v) is 12.3. The molecule has 4 heteroatoms. The second kappa shape index (κ2) is 6.75. The summed E-state index contributed by atoms with van der Waals surface area (Å²) in [5, 5.41) is 7.37. The van der Waals surface area contributed by atoms with E-state index in [0.29, 0.717) is 5.56 Å². The molecular formula is C19H15FN2O. The van der Waals surface area contributed by atoms with E-state index in [9.17, 15) is 9.18 Å². The fraction of sp³-hybridized carbons (Fsp3) is 0. The predicted octanol–water partition coefficient (Wildman–Crippen LogP) is 4.77. The lowest BCUT2D eigenvalue weighted by atomic mass is 10.1. The molecule has 0 spiro atoms. The lowest BCUT2D eigenvalue weighted by molar-refractivity contribution is 0.255. The maximum atomic E-state index is 13.5. The van der Waals surface area contributed by atoms with Gasteiger partial charge in [0.1, 0.15) is 5.82 Å². The van der Waals surface area contributed by atoms with Gasteiger partial charge in [-0.2, -0.15) is 0 Å². The van der Waals surface area contributed by atoms with Crippen LogP contribution in [0.1, 0.15) is 5.56 Å². The number of benzene rings is 3. The third-order valence-electron chi connectivity index (χ3n) is 3.42. The van der Waals surface area contributed by atoms with Crippen molar-refractivity contribution in [3.05, 3.63) is 84.3 Å². The molecule has 0 unspecified atom stereocenters. The van der Waals surface area contributed by atoms with Crippen LogP contribution in [0.15, 0.2) is 72.9 Å². The van der Waals surface area contributed by atoms with Crippen molar-refractivity contribution in [1.29, 1.82) is 0 Å². The molecular weight excluding hydrogens is 291 g/mol. The topological polar surface area (TPSA) is 41.1 Å². The van der Waals surface area contributed by atoms with Crippen LogP contribution in [0.5, 0.6) is 0 Å². The van der Waals surface area contributed by atoms with E-state index in [1.807, 2.05) is 42.5 Å². The van der Waals surface area contributed by atoms with Crippen LogP contribution in [0.4, 0.5) is 14.9 Å². The Hall–Kier alpha value is -3.14. The minimum absolute atomic E-state index is 0.333. The molecule has 0 aromatic heterocycles. The Kier molecular flexibility index (Phi) is 4.34. The average molecular weight is 306 g/mol. The zero-order chi connectivity index (χ0) is 16.1. The van der Waals surface area contributed by atoms with Crippen molar-refractivity contribution < 1.29 is 9.18 Å². The highest BCUT2D eigenvalue weighted by molar-refractivity contribution is 6.01. The van der Waals surface area contributed by atoms with Crippen molar-refractivity contribution in [2.75, 3.05) is 5.32 Å². The number of carbonyl (C=O) groups is 1. The summed E-state index contributed by atoms with van der Waals surface area (Å²) < 4.78 is 13.5. The number of rotatable bonds is 3. The Labute approximate surface area is 133 Å². The van der Waals surface area contributed by atoms with Gasteiger partial charge in [-0.3, -0.25) is 0 Å². The number of amides is 2. The van der Waals surface area contributed by atoms with Gasteiger partial charge in [0.25, 0.3) is 0 Å². The van der Waals surface area contributed by atoms with Gasteiger partial charge in [0.15, 0.2) is 0 Å². The van der Waals surface area contributed by atoms with Crippen molar-refractivity contribution in [1.82, 2.24) is 5.32 Å². The lowest BCUT2D eigenvalue weighted by Crippen LogP contribution is -2.23. The first kappa shape index (κ1) is 14.8. The molecule has 3 rings (SSSR count). The second-order valence-electron chi connectivity index (χ2n) is 4.98. The van der Waals surface area contributed by atoms with Gasteiger partial charge >= 0.3 is 6.03 Å². The molecule has 0 aliphatic heterocycles. The summed E-state index contributed by atoms with van der Waals surface area (Å²) in [7, 11) is 0. The van der Waals surface area contributed by atoms with E-state index in [1.165, 1.54) is 18.3 Å². The molecule has 114 valence electrons. The molecule has 0 radical (unpaired) electrons. The fourth-order valence-electron chi connectivity index (χ4n) is 2.31. The van der Waals surface area contributed by atoms with Crippen LogP contribution in [-0.4, -0.2) is 6.03 Å². The summed E-state index contributed by atoms with van der Waals surface area (Å²) in [6.07, 6.45) is 2.93. The highest BCUT2D eigenvalue weighted by Crippen LogP contribution is 2.22. The molecule has 0 fully saturated rings. The quantitative estimate of drug-likeness (QED) is 0.719. The normalized spacial score (nSPS) is 10.8. The first-order valence-corrected chi connectivity index (χ1v) is 7.20. The number of carbonyl (C=O) groups excluding carboxylic acids is 1. The van der Waals surface area contributed by atoms with E-state index in [1.54, 1.807) is 18.2 Å². The molecule has 2 amide bonds. The first-order chi connectivity index (χ1) is 11.2. The van der Waals surface area contributed by atoms with Crippen molar-refractivity contribution in [2.45, 2.75) is 0 Å². The largest absolute Gasteiger partial charge is 0.323 e. The average Bonchev–Trinajstić information content (AvgIpc) is 2.57.